The highest BCUT2D eigenvalue weighted by Crippen LogP contribution is 2.40. The van der Waals surface area contributed by atoms with Gasteiger partial charge in [-0.3, -0.25) is 14.6 Å². The first kappa shape index (κ1) is 31.5. The van der Waals surface area contributed by atoms with Crippen LogP contribution in [0.25, 0.3) is 0 Å². The molecule has 0 aromatic heterocycles. The molecule has 0 fully saturated rings. The van der Waals surface area contributed by atoms with Gasteiger partial charge in [-0.25, -0.2) is 31.8 Å². The van der Waals surface area contributed by atoms with Crippen LogP contribution in [0.2, 0.25) is 0 Å². The monoisotopic (exact) mass is 587 g/mol. The molecular weight excluding hydrogens is 548 g/mol. The number of amides is 1. The lowest BCUT2D eigenvalue weighted by Crippen LogP contribution is -2.49. The molecule has 0 saturated heterocycles. The van der Waals surface area contributed by atoms with Crippen molar-refractivity contribution in [3.63, 3.8) is 0 Å². The number of nitrogens with one attached hydrogen (secondary N) is 3. The molecule has 2 heterocycles. The number of fused-ring (bicyclic) bond motifs is 1. The molecule has 3 rings (SSSR count). The first-order valence-corrected chi connectivity index (χ1v) is 15.1. The van der Waals surface area contributed by atoms with Gasteiger partial charge in [0, 0.05) is 21.3 Å². The molecule has 1 unspecified atom stereocenters. The first-order valence-electron chi connectivity index (χ1n) is 11.8. The minimum atomic E-state index is -4.40. The van der Waals surface area contributed by atoms with Crippen molar-refractivity contribution >= 4 is 37.5 Å². The summed E-state index contributed by atoms with van der Waals surface area (Å²) in [5, 5.41) is 2.90. The van der Waals surface area contributed by atoms with Crippen LogP contribution in [0.5, 0.6) is 5.75 Å². The molecule has 12 nitrogen and oxygen atoms in total. The topological polar surface area (TPSA) is 146 Å². The van der Waals surface area contributed by atoms with E-state index in [1.165, 1.54) is 25.1 Å². The summed E-state index contributed by atoms with van der Waals surface area (Å²) in [4.78, 5) is 11.9. The minimum Gasteiger partial charge on any atom is -0.485 e. The smallest absolute Gasteiger partial charge is 0.412 e. The quantitative estimate of drug-likeness (QED) is 0.409. The average molecular weight is 588 g/mol. The molecule has 0 bridgehead atoms. The number of carbonyl (C=O) groups excluding carboxylic acids is 1. The zero-order valence-electron chi connectivity index (χ0n) is 22.3. The second-order valence-corrected chi connectivity index (χ2v) is 13.0. The Hall–Kier alpha value is -2.69. The third-order valence-electron chi connectivity index (χ3n) is 4.94. The first-order chi connectivity index (χ1) is 17.5. The molecule has 2 aliphatic rings. The minimum absolute atomic E-state index is 0. The van der Waals surface area contributed by atoms with Crippen molar-refractivity contribution in [1.29, 1.82) is 0 Å². The number of hydrogen-bond acceptors (Lipinski definition) is 9. The number of benzene rings is 1. The van der Waals surface area contributed by atoms with Crippen LogP contribution in [-0.4, -0.2) is 71.6 Å². The molecule has 16 heteroatoms. The van der Waals surface area contributed by atoms with Crippen LogP contribution in [-0.2, 0) is 24.8 Å². The van der Waals surface area contributed by atoms with Gasteiger partial charge in [-0.1, -0.05) is 13.8 Å². The fraction of sp³-hybridized carbons (Fsp3) is 0.591. The summed E-state index contributed by atoms with van der Waals surface area (Å²) in [6.45, 7) is 6.91. The normalized spacial score (nSPS) is 19.7. The van der Waals surface area contributed by atoms with Gasteiger partial charge >= 0.3 is 12.6 Å². The van der Waals surface area contributed by atoms with E-state index in [4.69, 9.17) is 9.47 Å². The second-order valence-electron chi connectivity index (χ2n) is 9.27. The summed E-state index contributed by atoms with van der Waals surface area (Å²) in [6, 6.07) is 3.24. The highest BCUT2D eigenvalue weighted by Gasteiger charge is 2.41. The van der Waals surface area contributed by atoms with E-state index in [9.17, 15) is 30.4 Å². The summed E-state index contributed by atoms with van der Waals surface area (Å²) < 4.78 is 91.0. The highest BCUT2D eigenvalue weighted by atomic mass is 32.2. The van der Waals surface area contributed by atoms with E-state index in [1.807, 2.05) is 13.8 Å². The Labute approximate surface area is 225 Å². The highest BCUT2D eigenvalue weighted by molar-refractivity contribution is 7.96. The van der Waals surface area contributed by atoms with Crippen molar-refractivity contribution in [2.75, 3.05) is 29.0 Å². The largest absolute Gasteiger partial charge is 0.485 e. The zero-order valence-corrected chi connectivity index (χ0v) is 23.9. The molecule has 0 aliphatic carbocycles. The van der Waals surface area contributed by atoms with Gasteiger partial charge in [0.1, 0.15) is 22.4 Å². The van der Waals surface area contributed by atoms with Crippen molar-refractivity contribution in [3.05, 3.63) is 29.3 Å². The van der Waals surface area contributed by atoms with Crippen LogP contribution in [0.15, 0.2) is 29.3 Å². The number of rotatable bonds is 7. The lowest BCUT2D eigenvalue weighted by Gasteiger charge is -2.36. The summed E-state index contributed by atoms with van der Waals surface area (Å²) >= 11 is 0. The predicted molar refractivity (Wildman–Crippen MR) is 144 cm³/mol. The van der Waals surface area contributed by atoms with Gasteiger partial charge in [0.05, 0.1) is 24.5 Å². The summed E-state index contributed by atoms with van der Waals surface area (Å²) in [7, 11) is -8.00. The van der Waals surface area contributed by atoms with Crippen LogP contribution < -0.4 is 24.5 Å². The van der Waals surface area contributed by atoms with E-state index in [1.54, 1.807) is 20.8 Å². The number of hydrazine groups is 1. The maximum absolute atomic E-state index is 13.6. The fourth-order valence-electron chi connectivity index (χ4n) is 3.49. The van der Waals surface area contributed by atoms with E-state index in [2.05, 4.69) is 15.5 Å². The number of ether oxygens (including phenoxy) is 2. The summed E-state index contributed by atoms with van der Waals surface area (Å²) in [5.74, 6) is 0.0878. The van der Waals surface area contributed by atoms with Crippen molar-refractivity contribution < 1.29 is 42.7 Å². The Morgan fingerprint density at radius 2 is 1.89 bits per heavy atom. The van der Waals surface area contributed by atoms with Crippen LogP contribution in [0.1, 0.15) is 44.4 Å². The third-order valence-corrected chi connectivity index (χ3v) is 7.62. The number of hydrogen-bond donors (Lipinski definition) is 3. The van der Waals surface area contributed by atoms with Crippen molar-refractivity contribution in [1.82, 2.24) is 15.2 Å². The van der Waals surface area contributed by atoms with Gasteiger partial charge in [-0.2, -0.15) is 8.78 Å². The number of carbonyl (C=O) groups is 1. The molecule has 220 valence electrons. The average Bonchev–Trinajstić information content (AvgIpc) is 3.19. The van der Waals surface area contributed by atoms with Crippen molar-refractivity contribution in [2.45, 2.75) is 65.8 Å². The van der Waals surface area contributed by atoms with Crippen LogP contribution in [0.4, 0.5) is 25.0 Å². The second kappa shape index (κ2) is 12.0. The van der Waals surface area contributed by atoms with E-state index in [-0.39, 0.29) is 38.0 Å². The molecule has 1 aromatic rings. The Morgan fingerprint density at radius 3 is 2.42 bits per heavy atom. The van der Waals surface area contributed by atoms with Crippen LogP contribution in [0, 0.1) is 0 Å². The van der Waals surface area contributed by atoms with E-state index < -0.39 is 50.4 Å². The van der Waals surface area contributed by atoms with Crippen molar-refractivity contribution in [2.24, 2.45) is 0 Å². The van der Waals surface area contributed by atoms with Gasteiger partial charge < -0.3 is 9.47 Å². The van der Waals surface area contributed by atoms with Crippen molar-refractivity contribution in [3.8, 4) is 5.75 Å². The maximum Gasteiger partial charge on any atom is 0.412 e. The number of halogens is 2. The number of nitrogens with zero attached hydrogens (tertiary/aromatic N) is 2. The van der Waals surface area contributed by atoms with Crippen LogP contribution in [0.3, 0.4) is 0 Å². The van der Waals surface area contributed by atoms with E-state index >= 15 is 0 Å². The van der Waals surface area contributed by atoms with Gasteiger partial charge in [-0.15, -0.1) is 0 Å². The lowest BCUT2D eigenvalue weighted by atomic mass is 10.2. The Balaban J connectivity index is 0.00000372. The van der Waals surface area contributed by atoms with Gasteiger partial charge in [0.15, 0.2) is 0 Å². The van der Waals surface area contributed by atoms with E-state index in [0.29, 0.717) is 5.01 Å². The van der Waals surface area contributed by atoms with Gasteiger partial charge in [-0.05, 0) is 45.9 Å². The van der Waals surface area contributed by atoms with E-state index in [0.717, 1.165) is 16.8 Å². The zero-order chi connectivity index (χ0) is 29.1. The molecule has 38 heavy (non-hydrogen) atoms. The molecule has 0 spiro atoms. The SMILES string of the molecule is CC.CC1NN(C(F)F)C=C1S(=O)(=O)N1C[C@H](CNS(C)(=O)=O)Oc2ccc(NC(=O)OC(C)(C)C)cc21.[HH].[HH]. The lowest BCUT2D eigenvalue weighted by molar-refractivity contribution is -0.0219. The predicted octanol–water partition coefficient (Wildman–Crippen LogP) is 3.27. The van der Waals surface area contributed by atoms with Crippen LogP contribution >= 0.6 is 0 Å². The maximum atomic E-state index is 13.6. The van der Waals surface area contributed by atoms with Gasteiger partial charge in [0.2, 0.25) is 10.0 Å². The number of alkyl halides is 2. The number of sulfonamides is 2. The molecule has 2 atom stereocenters. The number of anilines is 2. The Kier molecular flexibility index (Phi) is 9.96. The Bertz CT molecular complexity index is 1260. The summed E-state index contributed by atoms with van der Waals surface area (Å²) in [5.41, 5.74) is 1.83. The molecule has 3 N–H and O–H groups in total. The summed E-state index contributed by atoms with van der Waals surface area (Å²) in [6.07, 6.45) is 0.0605. The molecule has 0 saturated carbocycles. The molecule has 2 aliphatic heterocycles. The van der Waals surface area contributed by atoms with Gasteiger partial charge in [0.25, 0.3) is 10.0 Å². The standard InChI is InChI=1S/C20H29F2N5O7S2.C2H6.2H2/c1-12-17(11-26(25-12)18(21)22)36(31,32)27-10-14(9-23-35(5,29)30)33-16-7-6-13(8-15(16)27)24-19(28)34-20(2,3)4;1-2;;/h6-8,11-12,14,18,23,25H,9-10H2,1-5H3,(H,24,28);1-2H3;2*1H/t12?,14-;;;/m0.../s1. The molecule has 1 aromatic carbocycles. The molecule has 0 radical (unpaired) electrons. The Morgan fingerprint density at radius 1 is 1.26 bits per heavy atom. The fourth-order valence-corrected chi connectivity index (χ4v) is 5.75. The molecule has 1 amide bonds. The molecular formula is C22H39F2N5O7S2. The third kappa shape index (κ3) is 8.15.